The Bertz CT molecular complexity index is 399. The Balaban J connectivity index is 1.97. The first-order valence-electron chi connectivity index (χ1n) is 6.74. The van der Waals surface area contributed by atoms with E-state index in [9.17, 15) is 0 Å². The van der Waals surface area contributed by atoms with Gasteiger partial charge in [0.1, 0.15) is 0 Å². The van der Waals surface area contributed by atoms with Gasteiger partial charge in [0.05, 0.1) is 12.2 Å². The third kappa shape index (κ3) is 3.34. The molecule has 3 unspecified atom stereocenters. The molecular formula is C15H24N2O2. The topological polar surface area (TPSA) is 47.7 Å². The number of rotatable bonds is 5. The van der Waals surface area contributed by atoms with Crippen molar-refractivity contribution in [3.8, 4) is 0 Å². The second kappa shape index (κ2) is 6.48. The molecule has 4 heteroatoms. The van der Waals surface area contributed by atoms with Crippen molar-refractivity contribution in [1.82, 2.24) is 4.90 Å². The zero-order chi connectivity index (χ0) is 13.8. The molecule has 0 bridgehead atoms. The van der Waals surface area contributed by atoms with Gasteiger partial charge in [-0.3, -0.25) is 4.90 Å². The lowest BCUT2D eigenvalue weighted by Gasteiger charge is -2.22. The van der Waals surface area contributed by atoms with Crippen molar-refractivity contribution in [1.29, 1.82) is 0 Å². The lowest BCUT2D eigenvalue weighted by molar-refractivity contribution is -0.00461. The van der Waals surface area contributed by atoms with Crippen LogP contribution in [0.4, 0.5) is 0 Å². The van der Waals surface area contributed by atoms with Crippen LogP contribution in [-0.2, 0) is 9.47 Å². The van der Waals surface area contributed by atoms with Gasteiger partial charge in [0.25, 0.3) is 0 Å². The van der Waals surface area contributed by atoms with Crippen LogP contribution in [-0.4, -0.2) is 51.0 Å². The van der Waals surface area contributed by atoms with Crippen LogP contribution in [0.5, 0.6) is 0 Å². The Morgan fingerprint density at radius 3 is 2.32 bits per heavy atom. The number of aryl methyl sites for hydroxylation is 1. The number of nitrogens with zero attached hydrogens (tertiary/aromatic N) is 1. The Morgan fingerprint density at radius 1 is 1.21 bits per heavy atom. The molecule has 1 heterocycles. The second-order valence-corrected chi connectivity index (χ2v) is 5.23. The molecule has 1 fully saturated rings. The summed E-state index contributed by atoms with van der Waals surface area (Å²) in [6, 6.07) is 8.34. The van der Waals surface area contributed by atoms with E-state index in [1.807, 2.05) is 12.1 Å². The number of hydrogen-bond donors (Lipinski definition) is 1. The van der Waals surface area contributed by atoms with Gasteiger partial charge in [-0.25, -0.2) is 0 Å². The third-order valence-corrected chi connectivity index (χ3v) is 3.94. The molecule has 1 aromatic rings. The quantitative estimate of drug-likeness (QED) is 0.872. The second-order valence-electron chi connectivity index (χ2n) is 5.23. The van der Waals surface area contributed by atoms with Crippen LogP contribution < -0.4 is 5.73 Å². The van der Waals surface area contributed by atoms with E-state index in [0.29, 0.717) is 0 Å². The van der Waals surface area contributed by atoms with E-state index in [1.165, 1.54) is 11.1 Å². The first kappa shape index (κ1) is 14.5. The lowest BCUT2D eigenvalue weighted by Crippen LogP contribution is -2.32. The largest absolute Gasteiger partial charge is 0.377 e. The molecule has 1 saturated heterocycles. The highest BCUT2D eigenvalue weighted by atomic mass is 16.5. The molecule has 0 saturated carbocycles. The minimum atomic E-state index is 0.0364. The highest BCUT2D eigenvalue weighted by Gasteiger charge is 2.33. The fourth-order valence-electron chi connectivity index (χ4n) is 2.80. The van der Waals surface area contributed by atoms with Crippen molar-refractivity contribution in [3.63, 3.8) is 0 Å². The van der Waals surface area contributed by atoms with Crippen LogP contribution >= 0.6 is 0 Å². The SMILES string of the molecule is COC1CN(CC(N)c2ccccc2C)CC1OC. The van der Waals surface area contributed by atoms with Gasteiger partial charge in [-0.05, 0) is 18.1 Å². The molecule has 0 aromatic heterocycles. The van der Waals surface area contributed by atoms with E-state index < -0.39 is 0 Å². The molecule has 1 aromatic carbocycles. The Hall–Kier alpha value is -0.940. The molecular weight excluding hydrogens is 240 g/mol. The van der Waals surface area contributed by atoms with Crippen molar-refractivity contribution in [2.45, 2.75) is 25.2 Å². The predicted molar refractivity (Wildman–Crippen MR) is 76.1 cm³/mol. The summed E-state index contributed by atoms with van der Waals surface area (Å²) in [7, 11) is 3.48. The van der Waals surface area contributed by atoms with Gasteiger partial charge < -0.3 is 15.2 Å². The van der Waals surface area contributed by atoms with Crippen molar-refractivity contribution in [2.24, 2.45) is 5.73 Å². The van der Waals surface area contributed by atoms with E-state index in [0.717, 1.165) is 19.6 Å². The fourth-order valence-corrected chi connectivity index (χ4v) is 2.80. The number of likely N-dealkylation sites (tertiary alicyclic amines) is 1. The molecule has 19 heavy (non-hydrogen) atoms. The zero-order valence-corrected chi connectivity index (χ0v) is 12.0. The van der Waals surface area contributed by atoms with Crippen LogP contribution in [0, 0.1) is 6.92 Å². The standard InChI is InChI=1S/C15H24N2O2/c1-11-6-4-5-7-12(11)13(16)8-17-9-14(18-2)15(10-17)19-3/h4-7,13-15H,8-10,16H2,1-3H3. The van der Waals surface area contributed by atoms with Gasteiger partial charge in [0, 0.05) is 39.9 Å². The molecule has 2 N–H and O–H groups in total. The van der Waals surface area contributed by atoms with Crippen LogP contribution in [0.2, 0.25) is 0 Å². The number of hydrogen-bond acceptors (Lipinski definition) is 4. The van der Waals surface area contributed by atoms with Gasteiger partial charge in [0.2, 0.25) is 0 Å². The average molecular weight is 264 g/mol. The maximum absolute atomic E-state index is 6.33. The summed E-state index contributed by atoms with van der Waals surface area (Å²) in [6.07, 6.45) is 0.295. The average Bonchev–Trinajstić information content (AvgIpc) is 2.81. The molecule has 0 amide bonds. The van der Waals surface area contributed by atoms with Gasteiger partial charge in [-0.2, -0.15) is 0 Å². The normalized spacial score (nSPS) is 25.7. The maximum atomic E-state index is 6.33. The highest BCUT2D eigenvalue weighted by Crippen LogP contribution is 2.21. The Kier molecular flexibility index (Phi) is 4.93. The summed E-state index contributed by atoms with van der Waals surface area (Å²) >= 11 is 0. The van der Waals surface area contributed by atoms with Crippen LogP contribution in [0.3, 0.4) is 0 Å². The molecule has 2 rings (SSSR count). The summed E-state index contributed by atoms with van der Waals surface area (Å²) < 4.78 is 10.9. The van der Waals surface area contributed by atoms with Gasteiger partial charge in [-0.15, -0.1) is 0 Å². The zero-order valence-electron chi connectivity index (χ0n) is 12.0. The summed E-state index contributed by atoms with van der Waals surface area (Å²) in [6.45, 7) is 4.71. The van der Waals surface area contributed by atoms with Gasteiger partial charge >= 0.3 is 0 Å². The monoisotopic (exact) mass is 264 g/mol. The molecule has 0 spiro atoms. The molecule has 0 aliphatic carbocycles. The van der Waals surface area contributed by atoms with E-state index in [2.05, 4.69) is 24.0 Å². The number of ether oxygens (including phenoxy) is 2. The molecule has 0 radical (unpaired) electrons. The minimum absolute atomic E-state index is 0.0364. The molecule has 106 valence electrons. The van der Waals surface area contributed by atoms with E-state index in [-0.39, 0.29) is 18.2 Å². The Labute approximate surface area is 115 Å². The van der Waals surface area contributed by atoms with E-state index >= 15 is 0 Å². The van der Waals surface area contributed by atoms with Crippen molar-refractivity contribution in [3.05, 3.63) is 35.4 Å². The van der Waals surface area contributed by atoms with Gasteiger partial charge in [-0.1, -0.05) is 24.3 Å². The molecule has 4 nitrogen and oxygen atoms in total. The van der Waals surface area contributed by atoms with E-state index in [4.69, 9.17) is 15.2 Å². The van der Waals surface area contributed by atoms with Crippen molar-refractivity contribution >= 4 is 0 Å². The number of nitrogens with two attached hydrogens (primary N) is 1. The minimum Gasteiger partial charge on any atom is -0.377 e. The highest BCUT2D eigenvalue weighted by molar-refractivity contribution is 5.28. The van der Waals surface area contributed by atoms with Crippen LogP contribution in [0.25, 0.3) is 0 Å². The van der Waals surface area contributed by atoms with Gasteiger partial charge in [0.15, 0.2) is 0 Å². The van der Waals surface area contributed by atoms with Crippen molar-refractivity contribution < 1.29 is 9.47 Å². The summed E-state index contributed by atoms with van der Waals surface area (Å²) in [5.74, 6) is 0. The van der Waals surface area contributed by atoms with Crippen molar-refractivity contribution in [2.75, 3.05) is 33.9 Å². The fraction of sp³-hybridized carbons (Fsp3) is 0.600. The number of methoxy groups -OCH3 is 2. The molecule has 3 atom stereocenters. The lowest BCUT2D eigenvalue weighted by atomic mass is 10.0. The summed E-state index contributed by atoms with van der Waals surface area (Å²) in [4.78, 5) is 2.32. The summed E-state index contributed by atoms with van der Waals surface area (Å²) in [5.41, 5.74) is 8.80. The Morgan fingerprint density at radius 2 is 1.79 bits per heavy atom. The molecule has 1 aliphatic rings. The molecule has 1 aliphatic heterocycles. The first-order chi connectivity index (χ1) is 9.15. The summed E-state index contributed by atoms with van der Waals surface area (Å²) in [5, 5.41) is 0. The first-order valence-corrected chi connectivity index (χ1v) is 6.74. The predicted octanol–water partition coefficient (Wildman–Crippen LogP) is 1.34. The smallest absolute Gasteiger partial charge is 0.0971 e. The third-order valence-electron chi connectivity index (χ3n) is 3.94. The van der Waals surface area contributed by atoms with E-state index in [1.54, 1.807) is 14.2 Å². The number of benzene rings is 1. The van der Waals surface area contributed by atoms with Crippen LogP contribution in [0.1, 0.15) is 17.2 Å². The van der Waals surface area contributed by atoms with Crippen LogP contribution in [0.15, 0.2) is 24.3 Å². The maximum Gasteiger partial charge on any atom is 0.0971 e.